The van der Waals surface area contributed by atoms with Gasteiger partial charge in [0.1, 0.15) is 0 Å². The van der Waals surface area contributed by atoms with Crippen molar-refractivity contribution in [3.8, 4) is 0 Å². The van der Waals surface area contributed by atoms with Crippen molar-refractivity contribution < 1.29 is 4.74 Å². The molecule has 0 N–H and O–H groups in total. The monoisotopic (exact) mass is 492 g/mol. The van der Waals surface area contributed by atoms with Crippen LogP contribution in [0.15, 0.2) is 60.0 Å². The first-order valence-electron chi connectivity index (χ1n) is 15.3. The van der Waals surface area contributed by atoms with Crippen molar-refractivity contribution in [1.82, 2.24) is 9.88 Å². The number of nitrogens with zero attached hydrogens (tertiary/aromatic N) is 2. The van der Waals surface area contributed by atoms with Gasteiger partial charge in [-0.15, -0.1) is 0 Å². The van der Waals surface area contributed by atoms with Gasteiger partial charge in [-0.2, -0.15) is 0 Å². The lowest BCUT2D eigenvalue weighted by Crippen LogP contribution is -2.55. The molecule has 1 aromatic carbocycles. The summed E-state index contributed by atoms with van der Waals surface area (Å²) >= 11 is 0. The second-order valence-electron chi connectivity index (χ2n) is 14.0. The summed E-state index contributed by atoms with van der Waals surface area (Å²) in [5, 5.41) is 2.58. The Balaban J connectivity index is 1.06. The highest BCUT2D eigenvalue weighted by molar-refractivity contribution is 5.82. The molecule has 2 aromatic rings. The largest absolute Gasteiger partial charge is 0.359 e. The van der Waals surface area contributed by atoms with Crippen molar-refractivity contribution in [1.29, 1.82) is 0 Å². The van der Waals surface area contributed by atoms with Crippen molar-refractivity contribution in [2.75, 3.05) is 0 Å². The number of fused-ring (bicyclic) bond motifs is 4. The molecule has 4 bridgehead atoms. The van der Waals surface area contributed by atoms with E-state index in [0.29, 0.717) is 11.8 Å². The van der Waals surface area contributed by atoms with Gasteiger partial charge in [-0.3, -0.25) is 9.88 Å². The zero-order valence-corrected chi connectivity index (χ0v) is 22.3. The number of hydrogen-bond acceptors (Lipinski definition) is 3. The number of rotatable bonds is 2. The molecule has 1 unspecified atom stereocenters. The molecule has 1 aromatic heterocycles. The highest BCUT2D eigenvalue weighted by Crippen LogP contribution is 2.69. The third kappa shape index (κ3) is 2.78. The average molecular weight is 493 g/mol. The van der Waals surface area contributed by atoms with E-state index in [0.717, 1.165) is 18.1 Å². The third-order valence-electron chi connectivity index (χ3n) is 12.7. The lowest BCUT2D eigenvalue weighted by Gasteiger charge is -2.55. The molecule has 3 aliphatic carbocycles. The van der Waals surface area contributed by atoms with Crippen molar-refractivity contribution in [2.24, 2.45) is 11.3 Å². The van der Waals surface area contributed by atoms with Crippen LogP contribution in [-0.4, -0.2) is 39.2 Å². The predicted molar refractivity (Wildman–Crippen MR) is 147 cm³/mol. The highest BCUT2D eigenvalue weighted by atomic mass is 16.5. The Morgan fingerprint density at radius 2 is 1.78 bits per heavy atom. The quantitative estimate of drug-likeness (QED) is 0.435. The Kier molecular flexibility index (Phi) is 4.36. The fourth-order valence-electron chi connectivity index (χ4n) is 11.1. The van der Waals surface area contributed by atoms with Crippen molar-refractivity contribution in [2.45, 2.75) is 119 Å². The summed E-state index contributed by atoms with van der Waals surface area (Å²) in [4.78, 5) is 7.39. The Morgan fingerprint density at radius 3 is 2.65 bits per heavy atom. The van der Waals surface area contributed by atoms with Crippen molar-refractivity contribution >= 4 is 10.8 Å². The molecule has 0 radical (unpaired) electrons. The minimum atomic E-state index is -0.0461. The van der Waals surface area contributed by atoms with Crippen molar-refractivity contribution in [3.05, 3.63) is 65.5 Å². The van der Waals surface area contributed by atoms with Gasteiger partial charge in [-0.25, -0.2) is 0 Å². The molecule has 2 saturated carbocycles. The lowest BCUT2D eigenvalue weighted by molar-refractivity contribution is -0.141. The number of aromatic nitrogens is 1. The molecular weight excluding hydrogens is 452 g/mol. The van der Waals surface area contributed by atoms with E-state index in [1.807, 2.05) is 12.4 Å². The summed E-state index contributed by atoms with van der Waals surface area (Å²) in [7, 11) is 0. The summed E-state index contributed by atoms with van der Waals surface area (Å²) < 4.78 is 7.62. The van der Waals surface area contributed by atoms with Crippen LogP contribution < -0.4 is 0 Å². The van der Waals surface area contributed by atoms with Crippen LogP contribution in [-0.2, 0) is 4.74 Å². The summed E-state index contributed by atoms with van der Waals surface area (Å²) in [5.41, 5.74) is 4.96. The lowest BCUT2D eigenvalue weighted by atomic mass is 9.58. The SMILES string of the molecule is C[C@]12CC=C3C=C4CC[C@@H](N5C6CCC5CC6)C[C@]45CC[C@]3(O5)[C@@H]1CCC2c1ccc2ccncc2c1. The summed E-state index contributed by atoms with van der Waals surface area (Å²) in [6.07, 6.45) is 25.1. The van der Waals surface area contributed by atoms with E-state index in [4.69, 9.17) is 4.74 Å². The predicted octanol–water partition coefficient (Wildman–Crippen LogP) is 7.47. The van der Waals surface area contributed by atoms with Gasteiger partial charge in [-0.05, 0) is 129 Å². The molecule has 3 saturated heterocycles. The first-order chi connectivity index (χ1) is 18.1. The van der Waals surface area contributed by atoms with Crippen LogP contribution in [0, 0.1) is 11.3 Å². The maximum Gasteiger partial charge on any atom is 0.0974 e. The van der Waals surface area contributed by atoms with Crippen LogP contribution in [0.3, 0.4) is 0 Å². The zero-order chi connectivity index (χ0) is 24.4. The fourth-order valence-corrected chi connectivity index (χ4v) is 11.1. The molecule has 4 aliphatic heterocycles. The van der Waals surface area contributed by atoms with E-state index in [9.17, 15) is 0 Å². The standard InChI is InChI=1S/C34H40N2O/c1-32-14-12-26-19-25-4-5-29(36-27-6-7-28(36)9-8-27)20-33(25)15-16-34(26,37-33)31(32)11-10-30(32)23-3-2-22-13-17-35-21-24(22)18-23/h2-3,12-13,17-19,21,27-31H,4-11,14-16,20H2,1H3/t27?,28?,29-,30?,31-,32-,33-,34-/m1/s1. The molecule has 2 spiro atoms. The Bertz CT molecular complexity index is 1340. The molecule has 7 aliphatic rings. The van der Waals surface area contributed by atoms with E-state index >= 15 is 0 Å². The number of ether oxygens (including phenoxy) is 1. The van der Waals surface area contributed by atoms with Crippen molar-refractivity contribution in [3.63, 3.8) is 0 Å². The van der Waals surface area contributed by atoms with Gasteiger partial charge in [0.25, 0.3) is 0 Å². The molecule has 9 rings (SSSR count). The molecule has 192 valence electrons. The van der Waals surface area contributed by atoms with Gasteiger partial charge >= 0.3 is 0 Å². The van der Waals surface area contributed by atoms with Crippen LogP contribution >= 0.6 is 0 Å². The minimum absolute atomic E-state index is 0.0211. The summed E-state index contributed by atoms with van der Waals surface area (Å²) in [6.45, 7) is 2.60. The number of benzene rings is 1. The van der Waals surface area contributed by atoms with Gasteiger partial charge < -0.3 is 4.74 Å². The van der Waals surface area contributed by atoms with E-state index in [1.165, 1.54) is 93.4 Å². The second kappa shape index (κ2) is 7.36. The zero-order valence-electron chi connectivity index (χ0n) is 22.3. The van der Waals surface area contributed by atoms with E-state index in [2.05, 4.69) is 53.2 Å². The van der Waals surface area contributed by atoms with E-state index < -0.39 is 0 Å². The van der Waals surface area contributed by atoms with Gasteiger partial charge in [0, 0.05) is 35.9 Å². The smallest absolute Gasteiger partial charge is 0.0974 e. The van der Waals surface area contributed by atoms with Crippen LogP contribution in [0.5, 0.6) is 0 Å². The first kappa shape index (κ1) is 21.9. The Hall–Kier alpha value is -1.97. The average Bonchev–Trinajstić information content (AvgIpc) is 3.68. The van der Waals surface area contributed by atoms with Gasteiger partial charge in [-0.1, -0.05) is 31.2 Å². The molecule has 5 fully saturated rings. The Morgan fingerprint density at radius 1 is 0.919 bits per heavy atom. The maximum atomic E-state index is 7.62. The molecule has 3 nitrogen and oxygen atoms in total. The molecule has 5 heterocycles. The fraction of sp³-hybridized carbons (Fsp3) is 0.618. The normalized spacial score (nSPS) is 45.9. The molecule has 37 heavy (non-hydrogen) atoms. The first-order valence-corrected chi connectivity index (χ1v) is 15.3. The van der Waals surface area contributed by atoms with Gasteiger partial charge in [0.05, 0.1) is 11.2 Å². The summed E-state index contributed by atoms with van der Waals surface area (Å²) in [5.74, 6) is 1.22. The highest BCUT2D eigenvalue weighted by Gasteiger charge is 2.67. The van der Waals surface area contributed by atoms with Crippen LogP contribution in [0.1, 0.15) is 95.5 Å². The number of pyridine rings is 1. The van der Waals surface area contributed by atoms with Crippen LogP contribution in [0.25, 0.3) is 10.8 Å². The maximum absolute atomic E-state index is 7.62. The molecule has 0 amide bonds. The summed E-state index contributed by atoms with van der Waals surface area (Å²) in [6, 6.07) is 11.8. The topological polar surface area (TPSA) is 25.4 Å². The Labute approximate surface area is 221 Å². The molecule has 3 heteroatoms. The van der Waals surface area contributed by atoms with Crippen LogP contribution in [0.2, 0.25) is 0 Å². The van der Waals surface area contributed by atoms with E-state index in [1.54, 1.807) is 11.1 Å². The number of hydrogen-bond donors (Lipinski definition) is 0. The van der Waals surface area contributed by atoms with E-state index in [-0.39, 0.29) is 16.6 Å². The van der Waals surface area contributed by atoms with Gasteiger partial charge in [0.15, 0.2) is 0 Å². The molecule has 6 atom stereocenters. The minimum Gasteiger partial charge on any atom is -0.359 e. The van der Waals surface area contributed by atoms with Gasteiger partial charge in [0.2, 0.25) is 0 Å². The van der Waals surface area contributed by atoms with Crippen LogP contribution in [0.4, 0.5) is 0 Å². The molecular formula is C34H40N2O. The second-order valence-corrected chi connectivity index (χ2v) is 14.0. The number of allylic oxidation sites excluding steroid dienone is 1. The third-order valence-corrected chi connectivity index (χ3v) is 12.7.